The molecule has 1 aromatic rings. The number of nitrogens with one attached hydrogen (secondary N) is 1. The summed E-state index contributed by atoms with van der Waals surface area (Å²) < 4.78 is 27.0. The third kappa shape index (κ3) is 3.93. The van der Waals surface area contributed by atoms with E-state index in [4.69, 9.17) is 0 Å². The van der Waals surface area contributed by atoms with Gasteiger partial charge in [0.15, 0.2) is 0 Å². The van der Waals surface area contributed by atoms with Crippen molar-refractivity contribution in [1.29, 1.82) is 0 Å². The van der Waals surface area contributed by atoms with Gasteiger partial charge >= 0.3 is 0 Å². The molecule has 1 aliphatic heterocycles. The van der Waals surface area contributed by atoms with E-state index in [0.717, 1.165) is 9.75 Å². The van der Waals surface area contributed by atoms with E-state index in [1.54, 1.807) is 11.0 Å². The van der Waals surface area contributed by atoms with E-state index in [0.29, 0.717) is 37.6 Å². The van der Waals surface area contributed by atoms with Crippen LogP contribution in [0.3, 0.4) is 0 Å². The van der Waals surface area contributed by atoms with Gasteiger partial charge in [-0.15, -0.1) is 11.3 Å². The number of sulfonamides is 1. The quantitative estimate of drug-likeness (QED) is 0.853. The van der Waals surface area contributed by atoms with Gasteiger partial charge in [0.05, 0.1) is 4.90 Å². The molecule has 1 N–H and O–H groups in total. The molecule has 2 heterocycles. The molecule has 1 aromatic heterocycles. The summed E-state index contributed by atoms with van der Waals surface area (Å²) in [6.45, 7) is 7.89. The van der Waals surface area contributed by atoms with Crippen LogP contribution < -0.4 is 5.32 Å². The molecule has 1 fully saturated rings. The first-order chi connectivity index (χ1) is 10.8. The first kappa shape index (κ1) is 18.4. The lowest BCUT2D eigenvalue weighted by Crippen LogP contribution is -2.52. The number of carbonyl (C=O) groups is 1. The first-order valence-electron chi connectivity index (χ1n) is 7.78. The molecule has 0 saturated carbocycles. The minimum Gasteiger partial charge on any atom is -0.340 e. The summed E-state index contributed by atoms with van der Waals surface area (Å²) in [5, 5.41) is 3.00. The summed E-state index contributed by atoms with van der Waals surface area (Å²) in [5.41, 5.74) is 0. The first-order valence-corrected chi connectivity index (χ1v) is 10.0. The zero-order chi connectivity index (χ0) is 17.2. The van der Waals surface area contributed by atoms with Gasteiger partial charge in [-0.2, -0.15) is 4.31 Å². The molecular weight excluding hydrogens is 334 g/mol. The van der Waals surface area contributed by atoms with Crippen LogP contribution in [-0.4, -0.2) is 63.3 Å². The van der Waals surface area contributed by atoms with Crippen LogP contribution in [0.2, 0.25) is 0 Å². The van der Waals surface area contributed by atoms with E-state index >= 15 is 0 Å². The maximum absolute atomic E-state index is 12.8. The number of hydrogen-bond donors (Lipinski definition) is 1. The van der Waals surface area contributed by atoms with Crippen molar-refractivity contribution in [1.82, 2.24) is 14.5 Å². The number of piperazine rings is 1. The van der Waals surface area contributed by atoms with Crippen molar-refractivity contribution >= 4 is 27.3 Å². The smallest absolute Gasteiger partial charge is 0.244 e. The fraction of sp³-hybridized carbons (Fsp3) is 0.667. The Hall–Kier alpha value is -0.960. The molecule has 0 radical (unpaired) electrons. The van der Waals surface area contributed by atoms with Crippen LogP contribution in [0.4, 0.5) is 0 Å². The van der Waals surface area contributed by atoms with Crippen LogP contribution in [0.1, 0.15) is 16.7 Å². The van der Waals surface area contributed by atoms with E-state index < -0.39 is 10.0 Å². The van der Waals surface area contributed by atoms with Crippen molar-refractivity contribution in [2.45, 2.75) is 25.7 Å². The lowest BCUT2D eigenvalue weighted by atomic mass is 10.1. The zero-order valence-electron chi connectivity index (χ0n) is 14.1. The number of nitrogens with zero attached hydrogens (tertiary/aromatic N) is 2. The average Bonchev–Trinajstić information content (AvgIpc) is 2.86. The minimum atomic E-state index is -3.46. The number of rotatable bonds is 5. The summed E-state index contributed by atoms with van der Waals surface area (Å²) in [6, 6.07) is 1.74. The molecule has 1 atom stereocenters. The van der Waals surface area contributed by atoms with Gasteiger partial charge in [0.2, 0.25) is 15.9 Å². The lowest BCUT2D eigenvalue weighted by molar-refractivity contribution is -0.136. The fourth-order valence-electron chi connectivity index (χ4n) is 2.86. The molecule has 1 amide bonds. The second-order valence-electron chi connectivity index (χ2n) is 5.97. The number of thiophene rings is 1. The van der Waals surface area contributed by atoms with Crippen LogP contribution in [0.15, 0.2) is 11.0 Å². The number of carbonyl (C=O) groups excluding carboxylic acids is 1. The Bertz CT molecular complexity index is 662. The highest BCUT2D eigenvalue weighted by Crippen LogP contribution is 2.28. The second-order valence-corrected chi connectivity index (χ2v) is 9.33. The molecule has 0 bridgehead atoms. The predicted molar refractivity (Wildman–Crippen MR) is 92.2 cm³/mol. The Balaban J connectivity index is 2.04. The Labute approximate surface area is 142 Å². The zero-order valence-corrected chi connectivity index (χ0v) is 15.8. The van der Waals surface area contributed by atoms with Crippen molar-refractivity contribution in [3.8, 4) is 0 Å². The second kappa shape index (κ2) is 7.29. The standard InChI is InChI=1S/C15H25N3O3S2/c1-11(10-16-4)15(19)17-5-7-18(8-6-17)23(20,21)14-9-12(2)22-13(14)3/h9,11,16H,5-8,10H2,1-4H3. The molecule has 6 nitrogen and oxygen atoms in total. The van der Waals surface area contributed by atoms with E-state index in [-0.39, 0.29) is 11.8 Å². The monoisotopic (exact) mass is 359 g/mol. The van der Waals surface area contributed by atoms with E-state index in [2.05, 4.69) is 5.32 Å². The van der Waals surface area contributed by atoms with E-state index in [1.807, 2.05) is 27.8 Å². The minimum absolute atomic E-state index is 0.0824. The van der Waals surface area contributed by atoms with Crippen LogP contribution in [0, 0.1) is 19.8 Å². The van der Waals surface area contributed by atoms with Gasteiger partial charge < -0.3 is 10.2 Å². The Morgan fingerprint density at radius 3 is 2.39 bits per heavy atom. The molecule has 1 aliphatic rings. The summed E-state index contributed by atoms with van der Waals surface area (Å²) >= 11 is 1.50. The van der Waals surface area contributed by atoms with Gasteiger partial charge in [-0.1, -0.05) is 6.92 Å². The van der Waals surface area contributed by atoms with Gasteiger partial charge in [-0.05, 0) is 27.0 Å². The number of hydrogen-bond acceptors (Lipinski definition) is 5. The van der Waals surface area contributed by atoms with Crippen molar-refractivity contribution in [2.75, 3.05) is 39.8 Å². The largest absolute Gasteiger partial charge is 0.340 e. The normalized spacial score (nSPS) is 18.2. The van der Waals surface area contributed by atoms with Gasteiger partial charge in [-0.25, -0.2) is 8.42 Å². The van der Waals surface area contributed by atoms with Gasteiger partial charge in [0.25, 0.3) is 0 Å². The van der Waals surface area contributed by atoms with Gasteiger partial charge in [0, 0.05) is 48.4 Å². The van der Waals surface area contributed by atoms with Crippen LogP contribution in [0.5, 0.6) is 0 Å². The summed E-state index contributed by atoms with van der Waals surface area (Å²) in [7, 11) is -1.64. The van der Waals surface area contributed by atoms with Crippen LogP contribution in [-0.2, 0) is 14.8 Å². The van der Waals surface area contributed by atoms with Gasteiger partial charge in [0.1, 0.15) is 0 Å². The Morgan fingerprint density at radius 2 is 1.91 bits per heavy atom. The highest BCUT2D eigenvalue weighted by molar-refractivity contribution is 7.89. The summed E-state index contributed by atoms with van der Waals surface area (Å²) in [5.74, 6) is -0.0103. The molecule has 130 valence electrons. The van der Waals surface area contributed by atoms with E-state index in [9.17, 15) is 13.2 Å². The Kier molecular flexibility index (Phi) is 5.83. The maximum Gasteiger partial charge on any atom is 0.244 e. The van der Waals surface area contributed by atoms with Crippen molar-refractivity contribution in [2.24, 2.45) is 5.92 Å². The highest BCUT2D eigenvalue weighted by Gasteiger charge is 2.32. The molecular formula is C15H25N3O3S2. The fourth-order valence-corrected chi connectivity index (χ4v) is 5.80. The van der Waals surface area contributed by atoms with E-state index in [1.165, 1.54) is 15.6 Å². The molecule has 8 heteroatoms. The van der Waals surface area contributed by atoms with Gasteiger partial charge in [-0.3, -0.25) is 4.79 Å². The maximum atomic E-state index is 12.8. The van der Waals surface area contributed by atoms with Crippen molar-refractivity contribution < 1.29 is 13.2 Å². The highest BCUT2D eigenvalue weighted by atomic mass is 32.2. The SMILES string of the molecule is CNCC(C)C(=O)N1CCN(S(=O)(=O)c2cc(C)sc2C)CC1. The van der Waals surface area contributed by atoms with Crippen LogP contribution >= 0.6 is 11.3 Å². The molecule has 1 saturated heterocycles. The molecule has 0 spiro atoms. The number of aryl methyl sites for hydroxylation is 2. The average molecular weight is 360 g/mol. The van der Waals surface area contributed by atoms with Crippen LogP contribution in [0.25, 0.3) is 0 Å². The summed E-state index contributed by atoms with van der Waals surface area (Å²) in [6.07, 6.45) is 0. The number of amides is 1. The molecule has 1 unspecified atom stereocenters. The third-order valence-electron chi connectivity index (χ3n) is 4.10. The summed E-state index contributed by atoms with van der Waals surface area (Å²) in [4.78, 5) is 16.3. The third-order valence-corrected chi connectivity index (χ3v) is 7.22. The molecule has 2 rings (SSSR count). The lowest BCUT2D eigenvalue weighted by Gasteiger charge is -2.35. The Morgan fingerprint density at radius 1 is 1.30 bits per heavy atom. The molecule has 0 aliphatic carbocycles. The topological polar surface area (TPSA) is 69.7 Å². The molecule has 23 heavy (non-hydrogen) atoms. The van der Waals surface area contributed by atoms with Crippen molar-refractivity contribution in [3.05, 3.63) is 15.8 Å². The molecule has 0 aromatic carbocycles. The predicted octanol–water partition coefficient (Wildman–Crippen LogP) is 1.05. The van der Waals surface area contributed by atoms with Crippen molar-refractivity contribution in [3.63, 3.8) is 0 Å².